The van der Waals surface area contributed by atoms with Crippen molar-refractivity contribution in [3.63, 3.8) is 0 Å². The lowest BCUT2D eigenvalue weighted by Gasteiger charge is -2.44. The number of carboxylic acids is 1. The van der Waals surface area contributed by atoms with Crippen molar-refractivity contribution in [2.75, 3.05) is 0 Å². The Balaban J connectivity index is 1.71. The van der Waals surface area contributed by atoms with Crippen LogP contribution in [0.25, 0.3) is 0 Å². The van der Waals surface area contributed by atoms with Crippen LogP contribution in [0.15, 0.2) is 23.8 Å². The van der Waals surface area contributed by atoms with Crippen LogP contribution in [0, 0.1) is 29.1 Å². The minimum absolute atomic E-state index is 0.160. The van der Waals surface area contributed by atoms with Gasteiger partial charge in [-0.15, -0.1) is 0 Å². The van der Waals surface area contributed by atoms with Crippen molar-refractivity contribution in [2.45, 2.75) is 83.8 Å². The van der Waals surface area contributed by atoms with E-state index in [1.165, 1.54) is 18.4 Å². The van der Waals surface area contributed by atoms with Crippen molar-refractivity contribution in [2.24, 2.45) is 29.1 Å². The van der Waals surface area contributed by atoms with Gasteiger partial charge >= 0.3 is 5.97 Å². The van der Waals surface area contributed by atoms with E-state index in [4.69, 9.17) is 0 Å². The quantitative estimate of drug-likeness (QED) is 0.625. The molecule has 0 spiro atoms. The molecule has 27 heavy (non-hydrogen) atoms. The molecule has 152 valence electrons. The van der Waals surface area contributed by atoms with Gasteiger partial charge < -0.3 is 15.3 Å². The summed E-state index contributed by atoms with van der Waals surface area (Å²) in [5.41, 5.74) is 2.60. The molecule has 0 aromatic rings. The summed E-state index contributed by atoms with van der Waals surface area (Å²) in [4.78, 5) is 11.2. The SMILES string of the molecule is C=C1C(C/C=C2\CCC[C@]3(C)[C@@H]([C@H](C)CC(=O)O)CC[C@@H]23)C[C@@H](O)C[C@@H]1O. The second kappa shape index (κ2) is 8.08. The van der Waals surface area contributed by atoms with Gasteiger partial charge in [0.1, 0.15) is 0 Å². The molecule has 4 nitrogen and oxygen atoms in total. The van der Waals surface area contributed by atoms with Gasteiger partial charge in [0.15, 0.2) is 0 Å². The molecule has 3 aliphatic carbocycles. The molecular weight excluding hydrogens is 340 g/mol. The Labute approximate surface area is 163 Å². The van der Waals surface area contributed by atoms with Crippen molar-refractivity contribution in [1.82, 2.24) is 0 Å². The van der Waals surface area contributed by atoms with Crippen molar-refractivity contribution >= 4 is 5.97 Å². The fraction of sp³-hybridized carbons (Fsp3) is 0.783. The van der Waals surface area contributed by atoms with E-state index in [9.17, 15) is 20.1 Å². The molecule has 0 amide bonds. The van der Waals surface area contributed by atoms with E-state index in [1.54, 1.807) is 0 Å². The van der Waals surface area contributed by atoms with Gasteiger partial charge in [0.05, 0.1) is 12.2 Å². The topological polar surface area (TPSA) is 77.8 Å². The van der Waals surface area contributed by atoms with Gasteiger partial charge in [-0.3, -0.25) is 4.79 Å². The Morgan fingerprint density at radius 3 is 2.78 bits per heavy atom. The lowest BCUT2D eigenvalue weighted by atomic mass is 9.60. The lowest BCUT2D eigenvalue weighted by Crippen LogP contribution is -2.36. The monoisotopic (exact) mass is 376 g/mol. The van der Waals surface area contributed by atoms with Crippen molar-refractivity contribution in [3.05, 3.63) is 23.8 Å². The molecule has 0 bridgehead atoms. The van der Waals surface area contributed by atoms with Gasteiger partial charge in [-0.1, -0.05) is 32.1 Å². The summed E-state index contributed by atoms with van der Waals surface area (Å²) >= 11 is 0. The van der Waals surface area contributed by atoms with Crippen LogP contribution in [-0.4, -0.2) is 33.5 Å². The molecule has 3 N–H and O–H groups in total. The van der Waals surface area contributed by atoms with E-state index in [0.717, 1.165) is 31.3 Å². The molecule has 0 aromatic carbocycles. The molecule has 1 unspecified atom stereocenters. The van der Waals surface area contributed by atoms with Crippen LogP contribution in [-0.2, 0) is 4.79 Å². The number of hydrogen-bond donors (Lipinski definition) is 3. The second-order valence-electron chi connectivity index (χ2n) is 9.60. The third kappa shape index (κ3) is 4.17. The molecule has 7 atom stereocenters. The summed E-state index contributed by atoms with van der Waals surface area (Å²) in [6, 6.07) is 0. The highest BCUT2D eigenvalue weighted by Crippen LogP contribution is 2.59. The minimum Gasteiger partial charge on any atom is -0.481 e. The Bertz CT molecular complexity index is 609. The largest absolute Gasteiger partial charge is 0.481 e. The molecule has 4 heteroatoms. The van der Waals surface area contributed by atoms with Crippen LogP contribution in [0.2, 0.25) is 0 Å². The van der Waals surface area contributed by atoms with Crippen molar-refractivity contribution in [1.29, 1.82) is 0 Å². The summed E-state index contributed by atoms with van der Waals surface area (Å²) in [6.45, 7) is 8.56. The first-order valence-corrected chi connectivity index (χ1v) is 10.7. The van der Waals surface area contributed by atoms with Gasteiger partial charge in [-0.05, 0) is 79.6 Å². The van der Waals surface area contributed by atoms with E-state index in [2.05, 4.69) is 26.5 Å². The molecule has 3 saturated carbocycles. The van der Waals surface area contributed by atoms with E-state index in [-0.39, 0.29) is 23.7 Å². The van der Waals surface area contributed by atoms with Crippen molar-refractivity contribution in [3.8, 4) is 0 Å². The number of aliphatic hydroxyl groups is 2. The van der Waals surface area contributed by atoms with Crippen LogP contribution < -0.4 is 0 Å². The van der Waals surface area contributed by atoms with E-state index < -0.39 is 18.2 Å². The molecule has 3 fully saturated rings. The molecule has 0 radical (unpaired) electrons. The van der Waals surface area contributed by atoms with Gasteiger partial charge in [0.2, 0.25) is 0 Å². The zero-order chi connectivity index (χ0) is 19.8. The molecule has 0 aliphatic heterocycles. The summed E-state index contributed by atoms with van der Waals surface area (Å²) in [5, 5.41) is 29.3. The maximum absolute atomic E-state index is 11.2. The minimum atomic E-state index is -0.686. The number of fused-ring (bicyclic) bond motifs is 1. The summed E-state index contributed by atoms with van der Waals surface area (Å²) in [5.74, 6) is 0.733. The van der Waals surface area contributed by atoms with E-state index in [1.807, 2.05) is 0 Å². The second-order valence-corrected chi connectivity index (χ2v) is 9.60. The summed E-state index contributed by atoms with van der Waals surface area (Å²) < 4.78 is 0. The van der Waals surface area contributed by atoms with E-state index in [0.29, 0.717) is 24.7 Å². The average Bonchev–Trinajstić information content (AvgIpc) is 2.93. The summed E-state index contributed by atoms with van der Waals surface area (Å²) in [6.07, 6.45) is 9.36. The highest BCUT2D eigenvalue weighted by molar-refractivity contribution is 5.67. The maximum Gasteiger partial charge on any atom is 0.303 e. The Morgan fingerprint density at radius 2 is 2.07 bits per heavy atom. The lowest BCUT2D eigenvalue weighted by molar-refractivity contribution is -0.138. The van der Waals surface area contributed by atoms with Gasteiger partial charge in [0.25, 0.3) is 0 Å². The third-order valence-electron chi connectivity index (χ3n) is 7.89. The highest BCUT2D eigenvalue weighted by Gasteiger charge is 2.50. The van der Waals surface area contributed by atoms with Crippen LogP contribution in [0.1, 0.15) is 71.6 Å². The van der Waals surface area contributed by atoms with Crippen LogP contribution in [0.3, 0.4) is 0 Å². The predicted molar refractivity (Wildman–Crippen MR) is 106 cm³/mol. The van der Waals surface area contributed by atoms with Gasteiger partial charge in [-0.25, -0.2) is 0 Å². The fourth-order valence-corrected chi connectivity index (χ4v) is 6.48. The highest BCUT2D eigenvalue weighted by atomic mass is 16.4. The molecule has 0 saturated heterocycles. The van der Waals surface area contributed by atoms with E-state index >= 15 is 0 Å². The number of hydrogen-bond acceptors (Lipinski definition) is 3. The average molecular weight is 377 g/mol. The smallest absolute Gasteiger partial charge is 0.303 e. The molecule has 0 aromatic heterocycles. The zero-order valence-electron chi connectivity index (χ0n) is 16.9. The number of allylic oxidation sites excluding steroid dienone is 2. The van der Waals surface area contributed by atoms with Crippen LogP contribution in [0.4, 0.5) is 0 Å². The van der Waals surface area contributed by atoms with Gasteiger partial charge in [0, 0.05) is 12.8 Å². The molecule has 3 rings (SSSR count). The number of aliphatic hydroxyl groups excluding tert-OH is 2. The maximum atomic E-state index is 11.2. The molecule has 3 aliphatic rings. The molecule has 0 heterocycles. The number of carbonyl (C=O) groups is 1. The van der Waals surface area contributed by atoms with Crippen LogP contribution >= 0.6 is 0 Å². The number of aliphatic carboxylic acids is 1. The Kier molecular flexibility index (Phi) is 6.17. The van der Waals surface area contributed by atoms with Gasteiger partial charge in [-0.2, -0.15) is 0 Å². The van der Waals surface area contributed by atoms with Crippen molar-refractivity contribution < 1.29 is 20.1 Å². The number of rotatable bonds is 5. The fourth-order valence-electron chi connectivity index (χ4n) is 6.48. The Hall–Kier alpha value is -1.13. The molecular formula is C23H36O4. The standard InChI is InChI=1S/C23H36O4/c1-14(11-22(26)27)19-8-9-20-16(5-4-10-23(19,20)3)6-7-17-12-18(24)13-21(25)15(17)2/h6,14,17-21,24-25H,2,4-5,7-13H2,1,3H3,(H,26,27)/b16-6+/t14-,17?,18-,19-,20+,21+,23-/m1/s1. The third-order valence-corrected chi connectivity index (χ3v) is 7.89. The first-order valence-electron chi connectivity index (χ1n) is 10.7. The Morgan fingerprint density at radius 1 is 1.33 bits per heavy atom. The zero-order valence-corrected chi connectivity index (χ0v) is 16.9. The predicted octanol–water partition coefficient (Wildman–Crippen LogP) is 4.32. The van der Waals surface area contributed by atoms with Crippen LogP contribution in [0.5, 0.6) is 0 Å². The normalized spacial score (nSPS) is 42.1. The first kappa shape index (κ1) is 20.6. The summed E-state index contributed by atoms with van der Waals surface area (Å²) in [7, 11) is 0. The first-order chi connectivity index (χ1) is 12.7. The number of carboxylic acid groups (broad SMARTS) is 1.